The van der Waals surface area contributed by atoms with E-state index in [1.807, 2.05) is 0 Å². The van der Waals surface area contributed by atoms with Crippen LogP contribution in [0.5, 0.6) is 0 Å². The monoisotopic (exact) mass is 312 g/mol. The molecule has 0 fully saturated rings. The maximum Gasteiger partial charge on any atom is 0.335 e. The minimum Gasteiger partial charge on any atom is -0.478 e. The minimum atomic E-state index is -4.13. The van der Waals surface area contributed by atoms with Gasteiger partial charge >= 0.3 is 5.97 Å². The molecule has 0 saturated carbocycles. The molecule has 0 amide bonds. The van der Waals surface area contributed by atoms with Crippen LogP contribution >= 0.6 is 0 Å². The summed E-state index contributed by atoms with van der Waals surface area (Å²) in [4.78, 5) is 10.2. The summed E-state index contributed by atoms with van der Waals surface area (Å²) in [5.41, 5.74) is 0.410. The average molecular weight is 312 g/mol. The average Bonchev–Trinajstić information content (AvgIpc) is 2.82. The molecule has 0 aliphatic heterocycles. The van der Waals surface area contributed by atoms with Crippen LogP contribution in [-0.2, 0) is 23.6 Å². The molecule has 2 rings (SSSR count). The predicted molar refractivity (Wildman–Crippen MR) is 72.8 cm³/mol. The van der Waals surface area contributed by atoms with Gasteiger partial charge in [-0.05, 0) is 29.8 Å². The van der Waals surface area contributed by atoms with Crippen LogP contribution in [0.15, 0.2) is 41.6 Å². The van der Waals surface area contributed by atoms with Crippen molar-refractivity contribution >= 4 is 16.0 Å². The number of carbonyl (C=O) groups is 1. The number of hydrogen-bond acceptors (Lipinski definition) is 3. The van der Waals surface area contributed by atoms with Gasteiger partial charge in [-0.1, -0.05) is 0 Å². The fourth-order valence-electron chi connectivity index (χ4n) is 1.76. The summed E-state index contributed by atoms with van der Waals surface area (Å²) in [7, 11) is -2.35. The van der Waals surface area contributed by atoms with Gasteiger partial charge in [0.1, 0.15) is 10.7 Å². The van der Waals surface area contributed by atoms with E-state index in [0.29, 0.717) is 5.56 Å². The summed E-state index contributed by atoms with van der Waals surface area (Å²) in [6.07, 6.45) is 3.46. The van der Waals surface area contributed by atoms with Crippen molar-refractivity contribution in [3.63, 3.8) is 0 Å². The van der Waals surface area contributed by atoms with Crippen LogP contribution in [0.25, 0.3) is 0 Å². The second-order valence-electron chi connectivity index (χ2n) is 4.46. The number of rotatable bonds is 5. The third kappa shape index (κ3) is 3.47. The number of nitrogens with zero attached hydrogens (tertiary/aromatic N) is 1. The summed E-state index contributed by atoms with van der Waals surface area (Å²) in [5, 5.41) is 8.84. The van der Waals surface area contributed by atoms with Crippen molar-refractivity contribution in [2.45, 2.75) is 11.4 Å². The maximum absolute atomic E-state index is 13.6. The van der Waals surface area contributed by atoms with Crippen LogP contribution < -0.4 is 4.72 Å². The van der Waals surface area contributed by atoms with Gasteiger partial charge in [0.15, 0.2) is 0 Å². The minimum absolute atomic E-state index is 0.0140. The first-order valence-corrected chi connectivity index (χ1v) is 7.41. The Morgan fingerprint density at radius 1 is 1.38 bits per heavy atom. The van der Waals surface area contributed by atoms with E-state index in [0.717, 1.165) is 18.2 Å². The van der Waals surface area contributed by atoms with E-state index >= 15 is 0 Å². The van der Waals surface area contributed by atoms with Crippen LogP contribution in [-0.4, -0.2) is 24.1 Å². The molecule has 1 aromatic heterocycles. The fourth-order valence-corrected chi connectivity index (χ4v) is 2.88. The Morgan fingerprint density at radius 3 is 2.67 bits per heavy atom. The molecule has 21 heavy (non-hydrogen) atoms. The summed E-state index contributed by atoms with van der Waals surface area (Å²) in [5.74, 6) is -2.32. The van der Waals surface area contributed by atoms with E-state index in [1.54, 1.807) is 30.1 Å². The van der Waals surface area contributed by atoms with Gasteiger partial charge in [-0.15, -0.1) is 0 Å². The molecule has 8 heteroatoms. The Hall–Kier alpha value is -2.19. The van der Waals surface area contributed by atoms with Gasteiger partial charge < -0.3 is 9.67 Å². The van der Waals surface area contributed by atoms with E-state index in [9.17, 15) is 17.6 Å². The number of carboxylic acids is 1. The molecule has 0 radical (unpaired) electrons. The second-order valence-corrected chi connectivity index (χ2v) is 6.20. The highest BCUT2D eigenvalue weighted by Gasteiger charge is 2.21. The largest absolute Gasteiger partial charge is 0.478 e. The quantitative estimate of drug-likeness (QED) is 0.872. The van der Waals surface area contributed by atoms with Crippen molar-refractivity contribution in [2.24, 2.45) is 7.05 Å². The van der Waals surface area contributed by atoms with Crippen molar-refractivity contribution in [1.82, 2.24) is 9.29 Å². The smallest absolute Gasteiger partial charge is 0.335 e. The van der Waals surface area contributed by atoms with Gasteiger partial charge in [-0.25, -0.2) is 22.3 Å². The van der Waals surface area contributed by atoms with Crippen molar-refractivity contribution in [1.29, 1.82) is 0 Å². The van der Waals surface area contributed by atoms with Gasteiger partial charge in [0, 0.05) is 26.0 Å². The molecule has 6 nitrogen and oxygen atoms in total. The fraction of sp³-hybridized carbons (Fsp3) is 0.154. The van der Waals surface area contributed by atoms with Crippen LogP contribution in [0.3, 0.4) is 0 Å². The second kappa shape index (κ2) is 5.66. The first-order valence-electron chi connectivity index (χ1n) is 5.93. The summed E-state index contributed by atoms with van der Waals surface area (Å²) >= 11 is 0. The maximum atomic E-state index is 13.6. The number of aromatic carboxylic acids is 1. The van der Waals surface area contributed by atoms with Gasteiger partial charge in [-0.2, -0.15) is 0 Å². The third-order valence-corrected chi connectivity index (χ3v) is 4.24. The van der Waals surface area contributed by atoms with Crippen LogP contribution in [0.1, 0.15) is 15.9 Å². The highest BCUT2D eigenvalue weighted by molar-refractivity contribution is 7.89. The van der Waals surface area contributed by atoms with Crippen molar-refractivity contribution in [3.8, 4) is 0 Å². The van der Waals surface area contributed by atoms with Crippen molar-refractivity contribution in [2.75, 3.05) is 0 Å². The molecule has 0 saturated heterocycles. The molecule has 1 aromatic carbocycles. The number of aromatic nitrogens is 1. The lowest BCUT2D eigenvalue weighted by atomic mass is 10.2. The molecule has 2 aromatic rings. The number of sulfonamides is 1. The normalized spacial score (nSPS) is 11.5. The number of halogens is 1. The number of hydrogen-bond donors (Lipinski definition) is 2. The highest BCUT2D eigenvalue weighted by atomic mass is 32.2. The molecule has 0 aliphatic carbocycles. The van der Waals surface area contributed by atoms with E-state index in [1.165, 1.54) is 0 Å². The Kier molecular flexibility index (Phi) is 4.10. The zero-order chi connectivity index (χ0) is 15.6. The number of nitrogens with one attached hydrogen (secondary N) is 1. The molecular formula is C13H13FN2O4S. The first kappa shape index (κ1) is 15.2. The van der Waals surface area contributed by atoms with Crippen LogP contribution in [0.4, 0.5) is 4.39 Å². The van der Waals surface area contributed by atoms with Crippen molar-refractivity contribution in [3.05, 3.63) is 53.6 Å². The van der Waals surface area contributed by atoms with E-state index in [2.05, 4.69) is 4.72 Å². The zero-order valence-electron chi connectivity index (χ0n) is 11.1. The molecule has 0 atom stereocenters. The van der Waals surface area contributed by atoms with E-state index < -0.39 is 26.7 Å². The standard InChI is InChI=1S/C13H13FN2O4S/c1-16-5-4-9(8-16)7-15-21(19,20)12-6-10(13(17)18)2-3-11(12)14/h2-6,8,15H,7H2,1H3,(H,17,18). The number of carboxylic acid groups (broad SMARTS) is 1. The summed E-state index contributed by atoms with van der Waals surface area (Å²) in [6.45, 7) is -0.0140. The van der Waals surface area contributed by atoms with Crippen LogP contribution in [0.2, 0.25) is 0 Å². The molecule has 0 aliphatic rings. The Balaban J connectivity index is 2.26. The van der Waals surface area contributed by atoms with Gasteiger partial charge in [0.2, 0.25) is 10.0 Å². The van der Waals surface area contributed by atoms with Crippen molar-refractivity contribution < 1.29 is 22.7 Å². The third-order valence-electron chi connectivity index (χ3n) is 2.83. The van der Waals surface area contributed by atoms with E-state index in [4.69, 9.17) is 5.11 Å². The van der Waals surface area contributed by atoms with E-state index in [-0.39, 0.29) is 12.1 Å². The SMILES string of the molecule is Cn1ccc(CNS(=O)(=O)c2cc(C(=O)O)ccc2F)c1. The molecule has 0 bridgehead atoms. The molecule has 0 spiro atoms. The molecule has 2 N–H and O–H groups in total. The summed E-state index contributed by atoms with van der Waals surface area (Å²) < 4.78 is 41.7. The summed E-state index contributed by atoms with van der Waals surface area (Å²) in [6, 6.07) is 4.34. The lowest BCUT2D eigenvalue weighted by Gasteiger charge is -2.07. The van der Waals surface area contributed by atoms with Gasteiger partial charge in [0.25, 0.3) is 0 Å². The lowest BCUT2D eigenvalue weighted by Crippen LogP contribution is -2.24. The van der Waals surface area contributed by atoms with Crippen LogP contribution in [0, 0.1) is 5.82 Å². The van der Waals surface area contributed by atoms with Gasteiger partial charge in [-0.3, -0.25) is 0 Å². The predicted octanol–water partition coefficient (Wildman–Crippen LogP) is 1.34. The number of benzene rings is 1. The zero-order valence-corrected chi connectivity index (χ0v) is 11.9. The number of aryl methyl sites for hydroxylation is 1. The van der Waals surface area contributed by atoms with Gasteiger partial charge in [0.05, 0.1) is 5.56 Å². The molecule has 0 unspecified atom stereocenters. The Morgan fingerprint density at radius 2 is 2.10 bits per heavy atom. The topological polar surface area (TPSA) is 88.4 Å². The molecule has 1 heterocycles. The lowest BCUT2D eigenvalue weighted by molar-refractivity contribution is 0.0696. The molecular weight excluding hydrogens is 299 g/mol. The molecule has 112 valence electrons. The Bertz CT molecular complexity index is 783. The first-order chi connectivity index (χ1) is 9.79. The highest BCUT2D eigenvalue weighted by Crippen LogP contribution is 2.17. The Labute approximate surface area is 120 Å².